The fourth-order valence-corrected chi connectivity index (χ4v) is 3.02. The summed E-state index contributed by atoms with van der Waals surface area (Å²) in [6.07, 6.45) is 4.10. The van der Waals surface area contributed by atoms with Crippen LogP contribution >= 0.6 is 0 Å². The standard InChI is InChI=1S/C13H27N3/c1-12(2)16-8-6-15(7-9-16)11-13(10-14)4-3-5-13/h12H,3-11,14H2,1-2H3. The molecular weight excluding hydrogens is 198 g/mol. The van der Waals surface area contributed by atoms with E-state index < -0.39 is 0 Å². The first kappa shape index (κ1) is 12.3. The van der Waals surface area contributed by atoms with E-state index in [9.17, 15) is 0 Å². The fourth-order valence-electron chi connectivity index (χ4n) is 3.02. The van der Waals surface area contributed by atoms with Crippen LogP contribution in [-0.4, -0.2) is 55.1 Å². The van der Waals surface area contributed by atoms with Crippen molar-refractivity contribution in [3.63, 3.8) is 0 Å². The average Bonchev–Trinajstić information content (AvgIpc) is 2.24. The van der Waals surface area contributed by atoms with E-state index in [1.54, 1.807) is 0 Å². The predicted molar refractivity (Wildman–Crippen MR) is 68.5 cm³/mol. The van der Waals surface area contributed by atoms with E-state index >= 15 is 0 Å². The highest BCUT2D eigenvalue weighted by Gasteiger charge is 2.37. The van der Waals surface area contributed by atoms with E-state index in [-0.39, 0.29) is 0 Å². The zero-order chi connectivity index (χ0) is 11.6. The number of piperazine rings is 1. The molecule has 3 nitrogen and oxygen atoms in total. The van der Waals surface area contributed by atoms with Gasteiger partial charge in [0.05, 0.1) is 0 Å². The van der Waals surface area contributed by atoms with Crippen LogP contribution in [0.2, 0.25) is 0 Å². The molecule has 0 aromatic heterocycles. The Morgan fingerprint density at radius 2 is 1.75 bits per heavy atom. The number of rotatable bonds is 4. The molecule has 0 aromatic carbocycles. The van der Waals surface area contributed by atoms with E-state index in [1.165, 1.54) is 52.0 Å². The van der Waals surface area contributed by atoms with Crippen LogP contribution in [0.1, 0.15) is 33.1 Å². The second-order valence-corrected chi connectivity index (χ2v) is 5.96. The van der Waals surface area contributed by atoms with Gasteiger partial charge in [-0.25, -0.2) is 0 Å². The molecule has 1 saturated carbocycles. The van der Waals surface area contributed by atoms with E-state index in [0.29, 0.717) is 11.5 Å². The Balaban J connectivity index is 1.76. The molecule has 16 heavy (non-hydrogen) atoms. The quantitative estimate of drug-likeness (QED) is 0.779. The topological polar surface area (TPSA) is 32.5 Å². The van der Waals surface area contributed by atoms with Gasteiger partial charge in [0.15, 0.2) is 0 Å². The second-order valence-electron chi connectivity index (χ2n) is 5.96. The summed E-state index contributed by atoms with van der Waals surface area (Å²) in [5.74, 6) is 0. The lowest BCUT2D eigenvalue weighted by molar-refractivity contribution is 0.0363. The third kappa shape index (κ3) is 2.58. The lowest BCUT2D eigenvalue weighted by atomic mass is 9.68. The van der Waals surface area contributed by atoms with Gasteiger partial charge >= 0.3 is 0 Å². The minimum Gasteiger partial charge on any atom is -0.330 e. The van der Waals surface area contributed by atoms with Crippen LogP contribution in [0.15, 0.2) is 0 Å². The Morgan fingerprint density at radius 1 is 1.12 bits per heavy atom. The van der Waals surface area contributed by atoms with Gasteiger partial charge < -0.3 is 10.6 Å². The summed E-state index contributed by atoms with van der Waals surface area (Å²) >= 11 is 0. The zero-order valence-electron chi connectivity index (χ0n) is 10.9. The molecule has 0 aromatic rings. The van der Waals surface area contributed by atoms with E-state index in [4.69, 9.17) is 5.73 Å². The lowest BCUT2D eigenvalue weighted by Gasteiger charge is -2.47. The Bertz CT molecular complexity index is 210. The Labute approximate surface area is 100.0 Å². The molecule has 94 valence electrons. The Kier molecular flexibility index (Phi) is 3.88. The van der Waals surface area contributed by atoms with Crippen LogP contribution in [0.3, 0.4) is 0 Å². The molecule has 1 aliphatic carbocycles. The van der Waals surface area contributed by atoms with Crippen molar-refractivity contribution < 1.29 is 0 Å². The monoisotopic (exact) mass is 225 g/mol. The van der Waals surface area contributed by atoms with Crippen molar-refractivity contribution in [1.29, 1.82) is 0 Å². The molecule has 0 spiro atoms. The van der Waals surface area contributed by atoms with Crippen molar-refractivity contribution in [2.45, 2.75) is 39.2 Å². The van der Waals surface area contributed by atoms with Crippen molar-refractivity contribution >= 4 is 0 Å². The van der Waals surface area contributed by atoms with Gasteiger partial charge in [0, 0.05) is 38.8 Å². The van der Waals surface area contributed by atoms with Crippen molar-refractivity contribution in [2.24, 2.45) is 11.1 Å². The molecule has 2 fully saturated rings. The molecule has 0 atom stereocenters. The summed E-state index contributed by atoms with van der Waals surface area (Å²) in [5.41, 5.74) is 6.41. The van der Waals surface area contributed by atoms with Gasteiger partial charge in [-0.05, 0) is 38.6 Å². The summed E-state index contributed by atoms with van der Waals surface area (Å²) in [5, 5.41) is 0. The summed E-state index contributed by atoms with van der Waals surface area (Å²) < 4.78 is 0. The molecule has 0 bridgehead atoms. The maximum Gasteiger partial charge on any atom is 0.0113 e. The molecule has 1 heterocycles. The maximum atomic E-state index is 5.92. The number of nitrogens with zero attached hydrogens (tertiary/aromatic N) is 2. The van der Waals surface area contributed by atoms with E-state index in [1.807, 2.05) is 0 Å². The van der Waals surface area contributed by atoms with Crippen LogP contribution < -0.4 is 5.73 Å². The molecule has 2 N–H and O–H groups in total. The van der Waals surface area contributed by atoms with E-state index in [2.05, 4.69) is 23.6 Å². The largest absolute Gasteiger partial charge is 0.330 e. The normalized spacial score (nSPS) is 27.0. The van der Waals surface area contributed by atoms with Crippen molar-refractivity contribution in [3.8, 4) is 0 Å². The number of nitrogens with two attached hydrogens (primary N) is 1. The SMILES string of the molecule is CC(C)N1CCN(CC2(CN)CCC2)CC1. The molecule has 2 aliphatic rings. The molecule has 0 radical (unpaired) electrons. The fraction of sp³-hybridized carbons (Fsp3) is 1.00. The summed E-state index contributed by atoms with van der Waals surface area (Å²) in [6, 6.07) is 0.703. The first-order chi connectivity index (χ1) is 7.65. The van der Waals surface area contributed by atoms with Crippen LogP contribution in [0.4, 0.5) is 0 Å². The van der Waals surface area contributed by atoms with Crippen molar-refractivity contribution in [2.75, 3.05) is 39.3 Å². The summed E-state index contributed by atoms with van der Waals surface area (Å²) in [6.45, 7) is 11.7. The molecule has 1 saturated heterocycles. The van der Waals surface area contributed by atoms with Gasteiger partial charge in [-0.3, -0.25) is 4.90 Å². The van der Waals surface area contributed by atoms with Gasteiger partial charge in [-0.1, -0.05) is 6.42 Å². The van der Waals surface area contributed by atoms with Crippen LogP contribution in [0.25, 0.3) is 0 Å². The highest BCUT2D eigenvalue weighted by molar-refractivity contribution is 4.92. The third-order valence-electron chi connectivity index (χ3n) is 4.54. The first-order valence-corrected chi connectivity index (χ1v) is 6.82. The number of hydrogen-bond donors (Lipinski definition) is 1. The lowest BCUT2D eigenvalue weighted by Crippen LogP contribution is -2.54. The highest BCUT2D eigenvalue weighted by atomic mass is 15.3. The Morgan fingerprint density at radius 3 is 2.12 bits per heavy atom. The first-order valence-electron chi connectivity index (χ1n) is 6.82. The van der Waals surface area contributed by atoms with Crippen molar-refractivity contribution in [1.82, 2.24) is 9.80 Å². The second kappa shape index (κ2) is 5.03. The molecular formula is C13H27N3. The summed E-state index contributed by atoms with van der Waals surface area (Å²) in [4.78, 5) is 5.21. The van der Waals surface area contributed by atoms with Crippen LogP contribution in [0, 0.1) is 5.41 Å². The molecule has 1 aliphatic heterocycles. The molecule has 3 heteroatoms. The van der Waals surface area contributed by atoms with Gasteiger partial charge in [0.25, 0.3) is 0 Å². The van der Waals surface area contributed by atoms with Gasteiger partial charge in [-0.15, -0.1) is 0 Å². The summed E-state index contributed by atoms with van der Waals surface area (Å²) in [7, 11) is 0. The number of hydrogen-bond acceptors (Lipinski definition) is 3. The van der Waals surface area contributed by atoms with Crippen LogP contribution in [0.5, 0.6) is 0 Å². The molecule has 0 amide bonds. The Hall–Kier alpha value is -0.120. The molecule has 2 rings (SSSR count). The minimum atomic E-state index is 0.486. The highest BCUT2D eigenvalue weighted by Crippen LogP contribution is 2.40. The minimum absolute atomic E-state index is 0.486. The zero-order valence-corrected chi connectivity index (χ0v) is 10.9. The smallest absolute Gasteiger partial charge is 0.0113 e. The van der Waals surface area contributed by atoms with Gasteiger partial charge in [0.2, 0.25) is 0 Å². The maximum absolute atomic E-state index is 5.92. The van der Waals surface area contributed by atoms with Gasteiger partial charge in [-0.2, -0.15) is 0 Å². The van der Waals surface area contributed by atoms with Crippen molar-refractivity contribution in [3.05, 3.63) is 0 Å². The third-order valence-corrected chi connectivity index (χ3v) is 4.54. The van der Waals surface area contributed by atoms with Crippen LogP contribution in [-0.2, 0) is 0 Å². The molecule has 0 unspecified atom stereocenters. The van der Waals surface area contributed by atoms with Gasteiger partial charge in [0.1, 0.15) is 0 Å². The van der Waals surface area contributed by atoms with E-state index in [0.717, 1.165) is 6.54 Å². The average molecular weight is 225 g/mol. The predicted octanol–water partition coefficient (Wildman–Crippen LogP) is 1.14.